The first-order valence-corrected chi connectivity index (χ1v) is 6.60. The summed E-state index contributed by atoms with van der Waals surface area (Å²) in [5.74, 6) is -0.322. The van der Waals surface area contributed by atoms with Crippen LogP contribution in [0.15, 0.2) is 18.2 Å². The fourth-order valence-electron chi connectivity index (χ4n) is 1.31. The van der Waals surface area contributed by atoms with Crippen LogP contribution in [0.25, 0.3) is 0 Å². The van der Waals surface area contributed by atoms with E-state index in [4.69, 9.17) is 21.1 Å². The fourth-order valence-corrected chi connectivity index (χ4v) is 1.52. The summed E-state index contributed by atoms with van der Waals surface area (Å²) in [4.78, 5) is 23.1. The molecule has 0 aliphatic rings. The molecule has 0 unspecified atom stereocenters. The molecule has 1 N–H and O–H groups in total. The summed E-state index contributed by atoms with van der Waals surface area (Å²) in [7, 11) is 0. The van der Waals surface area contributed by atoms with E-state index >= 15 is 0 Å². The van der Waals surface area contributed by atoms with Crippen molar-refractivity contribution in [3.63, 3.8) is 0 Å². The Morgan fingerprint density at radius 1 is 1.30 bits per heavy atom. The largest absolute Gasteiger partial charge is 0.444 e. The third-order valence-corrected chi connectivity index (χ3v) is 2.40. The van der Waals surface area contributed by atoms with Gasteiger partial charge in [-0.25, -0.2) is 4.79 Å². The van der Waals surface area contributed by atoms with Crippen LogP contribution < -0.4 is 10.1 Å². The van der Waals surface area contributed by atoms with E-state index in [1.807, 2.05) is 0 Å². The van der Waals surface area contributed by atoms with Gasteiger partial charge in [-0.1, -0.05) is 24.6 Å². The lowest BCUT2D eigenvalue weighted by atomic mass is 10.2. The van der Waals surface area contributed by atoms with Crippen molar-refractivity contribution in [3.8, 4) is 5.75 Å². The van der Waals surface area contributed by atoms with Crippen LogP contribution >= 0.6 is 11.6 Å². The van der Waals surface area contributed by atoms with E-state index in [9.17, 15) is 9.59 Å². The lowest BCUT2D eigenvalue weighted by Crippen LogP contribution is -2.27. The van der Waals surface area contributed by atoms with Gasteiger partial charge in [-0.15, -0.1) is 0 Å². The zero-order valence-electron chi connectivity index (χ0n) is 12.0. The maximum absolute atomic E-state index is 11.7. The standard InChI is InChI=1S/C14H18ClNO4/c1-5-11(17)19-12-9(15)7-6-8-10(12)16-13(18)20-14(2,3)4/h6-8H,5H2,1-4H3,(H,16,18). The lowest BCUT2D eigenvalue weighted by Gasteiger charge is -2.20. The summed E-state index contributed by atoms with van der Waals surface area (Å²) < 4.78 is 10.2. The molecule has 0 bridgehead atoms. The monoisotopic (exact) mass is 299 g/mol. The number of esters is 1. The molecule has 0 atom stereocenters. The first kappa shape index (κ1) is 16.3. The van der Waals surface area contributed by atoms with E-state index in [1.165, 1.54) is 0 Å². The van der Waals surface area contributed by atoms with Crippen molar-refractivity contribution in [1.82, 2.24) is 0 Å². The van der Waals surface area contributed by atoms with Crippen molar-refractivity contribution in [1.29, 1.82) is 0 Å². The molecule has 6 heteroatoms. The minimum absolute atomic E-state index is 0.117. The number of para-hydroxylation sites is 1. The van der Waals surface area contributed by atoms with Crippen molar-refractivity contribution in [2.45, 2.75) is 39.7 Å². The van der Waals surface area contributed by atoms with Crippen molar-refractivity contribution in [2.75, 3.05) is 5.32 Å². The van der Waals surface area contributed by atoms with Crippen LogP contribution in [-0.4, -0.2) is 17.7 Å². The molecule has 0 saturated carbocycles. The molecular formula is C14H18ClNO4. The van der Waals surface area contributed by atoms with Crippen LogP contribution in [0, 0.1) is 0 Å². The van der Waals surface area contributed by atoms with Gasteiger partial charge in [-0.05, 0) is 32.9 Å². The van der Waals surface area contributed by atoms with Crippen molar-refractivity contribution < 1.29 is 19.1 Å². The number of carbonyl (C=O) groups excluding carboxylic acids is 2. The number of amides is 1. The number of hydrogen-bond donors (Lipinski definition) is 1. The molecule has 20 heavy (non-hydrogen) atoms. The molecule has 0 aliphatic carbocycles. The average molecular weight is 300 g/mol. The van der Waals surface area contributed by atoms with Crippen LogP contribution in [0.5, 0.6) is 5.75 Å². The Kier molecular flexibility index (Phi) is 5.39. The SMILES string of the molecule is CCC(=O)Oc1c(Cl)cccc1NC(=O)OC(C)(C)C. The van der Waals surface area contributed by atoms with E-state index in [0.29, 0.717) is 0 Å². The molecule has 0 spiro atoms. The zero-order valence-corrected chi connectivity index (χ0v) is 12.7. The summed E-state index contributed by atoms with van der Waals surface area (Å²) in [5, 5.41) is 2.75. The summed E-state index contributed by atoms with van der Waals surface area (Å²) in [6.07, 6.45) is -0.439. The summed E-state index contributed by atoms with van der Waals surface area (Å²) in [5.41, 5.74) is -0.336. The topological polar surface area (TPSA) is 64.6 Å². The second kappa shape index (κ2) is 6.61. The maximum atomic E-state index is 11.7. The molecule has 0 fully saturated rings. The van der Waals surface area contributed by atoms with Crippen LogP contribution in [0.1, 0.15) is 34.1 Å². The number of rotatable bonds is 3. The highest BCUT2D eigenvalue weighted by molar-refractivity contribution is 6.32. The van der Waals surface area contributed by atoms with Gasteiger partial charge < -0.3 is 9.47 Å². The second-order valence-electron chi connectivity index (χ2n) is 5.07. The van der Waals surface area contributed by atoms with Crippen LogP contribution in [-0.2, 0) is 9.53 Å². The molecule has 1 aromatic rings. The number of benzene rings is 1. The Balaban J connectivity index is 2.92. The Labute approximate surface area is 123 Å². The van der Waals surface area contributed by atoms with Crippen LogP contribution in [0.4, 0.5) is 10.5 Å². The normalized spacial score (nSPS) is 10.8. The van der Waals surface area contributed by atoms with Gasteiger partial charge >= 0.3 is 12.1 Å². The van der Waals surface area contributed by atoms with Gasteiger partial charge in [0, 0.05) is 6.42 Å². The molecule has 1 rings (SSSR count). The highest BCUT2D eigenvalue weighted by atomic mass is 35.5. The third kappa shape index (κ3) is 5.09. The molecule has 0 heterocycles. The zero-order chi connectivity index (χ0) is 15.3. The second-order valence-corrected chi connectivity index (χ2v) is 5.48. The maximum Gasteiger partial charge on any atom is 0.412 e. The van der Waals surface area contributed by atoms with Crippen LogP contribution in [0.2, 0.25) is 5.02 Å². The predicted octanol–water partition coefficient (Wildman–Crippen LogP) is 4.00. The Morgan fingerprint density at radius 2 is 1.95 bits per heavy atom. The molecule has 0 saturated heterocycles. The molecule has 0 aromatic heterocycles. The Bertz CT molecular complexity index is 508. The highest BCUT2D eigenvalue weighted by Gasteiger charge is 2.19. The summed E-state index contributed by atoms with van der Waals surface area (Å²) in [6.45, 7) is 6.92. The quantitative estimate of drug-likeness (QED) is 0.676. The lowest BCUT2D eigenvalue weighted by molar-refractivity contribution is -0.133. The predicted molar refractivity (Wildman–Crippen MR) is 77.2 cm³/mol. The van der Waals surface area contributed by atoms with Crippen LogP contribution in [0.3, 0.4) is 0 Å². The summed E-state index contributed by atoms with van der Waals surface area (Å²) >= 11 is 5.98. The molecule has 5 nitrogen and oxygen atoms in total. The number of hydrogen-bond acceptors (Lipinski definition) is 4. The van der Waals surface area contributed by atoms with E-state index in [0.717, 1.165) is 0 Å². The van der Waals surface area contributed by atoms with Gasteiger partial charge in [0.15, 0.2) is 5.75 Å². The Hall–Kier alpha value is -1.75. The Morgan fingerprint density at radius 3 is 2.50 bits per heavy atom. The van der Waals surface area contributed by atoms with Crippen molar-refractivity contribution in [2.24, 2.45) is 0 Å². The number of ether oxygens (including phenoxy) is 2. The average Bonchev–Trinajstić information content (AvgIpc) is 2.30. The van der Waals surface area contributed by atoms with Gasteiger partial charge in [-0.3, -0.25) is 10.1 Å². The van der Waals surface area contributed by atoms with Gasteiger partial charge in [0.2, 0.25) is 0 Å². The van der Waals surface area contributed by atoms with E-state index in [2.05, 4.69) is 5.32 Å². The number of anilines is 1. The number of carbonyl (C=O) groups is 2. The number of nitrogens with one attached hydrogen (secondary N) is 1. The molecule has 1 amide bonds. The van der Waals surface area contributed by atoms with Crippen molar-refractivity contribution in [3.05, 3.63) is 23.2 Å². The molecule has 0 radical (unpaired) electrons. The first-order chi connectivity index (χ1) is 9.23. The smallest absolute Gasteiger partial charge is 0.412 e. The third-order valence-electron chi connectivity index (χ3n) is 2.11. The van der Waals surface area contributed by atoms with Gasteiger partial charge in [-0.2, -0.15) is 0 Å². The highest BCUT2D eigenvalue weighted by Crippen LogP contribution is 2.33. The summed E-state index contributed by atoms with van der Waals surface area (Å²) in [6, 6.07) is 4.78. The first-order valence-electron chi connectivity index (χ1n) is 6.22. The molecule has 1 aromatic carbocycles. The van der Waals surface area contributed by atoms with Gasteiger partial charge in [0.1, 0.15) is 5.60 Å². The minimum Gasteiger partial charge on any atom is -0.444 e. The van der Waals surface area contributed by atoms with E-state index in [1.54, 1.807) is 45.9 Å². The fraction of sp³-hybridized carbons (Fsp3) is 0.429. The molecule has 0 aliphatic heterocycles. The molecule has 110 valence electrons. The van der Waals surface area contributed by atoms with Crippen molar-refractivity contribution >= 4 is 29.4 Å². The van der Waals surface area contributed by atoms with Gasteiger partial charge in [0.25, 0.3) is 0 Å². The minimum atomic E-state index is -0.645. The van der Waals surface area contributed by atoms with E-state index in [-0.39, 0.29) is 22.9 Å². The molecular weight excluding hydrogens is 282 g/mol. The van der Waals surface area contributed by atoms with Gasteiger partial charge in [0.05, 0.1) is 10.7 Å². The number of halogens is 1. The van der Waals surface area contributed by atoms with E-state index < -0.39 is 17.7 Å².